The Morgan fingerprint density at radius 3 is 2.74 bits per heavy atom. The smallest absolute Gasteiger partial charge is 0.193 e. The maximum atomic E-state index is 6.15. The summed E-state index contributed by atoms with van der Waals surface area (Å²) in [5, 5.41) is 3.36. The summed E-state index contributed by atoms with van der Waals surface area (Å²) in [7, 11) is 1.83. The molecule has 0 atom stereocenters. The highest BCUT2D eigenvalue weighted by atomic mass is 127. The van der Waals surface area contributed by atoms with Crippen molar-refractivity contribution in [2.45, 2.75) is 25.9 Å². The molecule has 128 valence electrons. The summed E-state index contributed by atoms with van der Waals surface area (Å²) in [6.45, 7) is 6.18. The van der Waals surface area contributed by atoms with E-state index in [1.165, 1.54) is 3.57 Å². The first-order chi connectivity index (χ1) is 11.2. The number of guanidine groups is 1. The molecule has 1 aromatic carbocycles. The largest absolute Gasteiger partial charge is 0.489 e. The fourth-order valence-corrected chi connectivity index (χ4v) is 3.13. The van der Waals surface area contributed by atoms with Gasteiger partial charge in [0.15, 0.2) is 5.96 Å². The van der Waals surface area contributed by atoms with E-state index in [9.17, 15) is 0 Å². The first-order valence-electron chi connectivity index (χ1n) is 8.19. The third kappa shape index (κ3) is 5.84. The molecule has 5 nitrogen and oxygen atoms in total. The van der Waals surface area contributed by atoms with Gasteiger partial charge in [0, 0.05) is 46.1 Å². The molecule has 6 heteroatoms. The predicted molar refractivity (Wildman–Crippen MR) is 102 cm³/mol. The van der Waals surface area contributed by atoms with E-state index in [0.29, 0.717) is 6.61 Å². The molecule has 0 aliphatic carbocycles. The molecule has 0 radical (unpaired) electrons. The molecule has 0 saturated carbocycles. The van der Waals surface area contributed by atoms with E-state index in [1.54, 1.807) is 0 Å². The summed E-state index contributed by atoms with van der Waals surface area (Å²) in [5.74, 6) is 1.95. The monoisotopic (exact) mass is 431 g/mol. The summed E-state index contributed by atoms with van der Waals surface area (Å²) < 4.78 is 12.7. The van der Waals surface area contributed by atoms with Crippen molar-refractivity contribution in [3.63, 3.8) is 0 Å². The van der Waals surface area contributed by atoms with Gasteiger partial charge in [0.1, 0.15) is 11.9 Å². The third-order valence-electron chi connectivity index (χ3n) is 3.82. The molecule has 1 fully saturated rings. The molecule has 1 N–H and O–H groups in total. The van der Waals surface area contributed by atoms with Crippen LogP contribution in [-0.4, -0.2) is 56.9 Å². The van der Waals surface area contributed by atoms with Crippen LogP contribution in [0.25, 0.3) is 0 Å². The number of nitrogens with one attached hydrogen (secondary N) is 1. The van der Waals surface area contributed by atoms with Gasteiger partial charge in [-0.1, -0.05) is 12.1 Å². The number of benzene rings is 1. The molecule has 1 aliphatic heterocycles. The Bertz CT molecular complexity index is 502. The zero-order valence-electron chi connectivity index (χ0n) is 13.9. The number of piperidine rings is 1. The molecular formula is C17H26IN3O2. The van der Waals surface area contributed by atoms with Crippen molar-refractivity contribution in [3.05, 3.63) is 27.8 Å². The van der Waals surface area contributed by atoms with Gasteiger partial charge >= 0.3 is 0 Å². The number of hydrogen-bond donors (Lipinski definition) is 1. The highest BCUT2D eigenvalue weighted by Gasteiger charge is 2.23. The average Bonchev–Trinajstić information content (AvgIpc) is 2.58. The van der Waals surface area contributed by atoms with Crippen LogP contribution in [-0.2, 0) is 4.74 Å². The number of likely N-dealkylation sites (tertiary alicyclic amines) is 1. The van der Waals surface area contributed by atoms with Crippen LogP contribution in [0.4, 0.5) is 0 Å². The van der Waals surface area contributed by atoms with Crippen LogP contribution in [0.5, 0.6) is 5.75 Å². The SMILES string of the molecule is CCOCCNC(=NC)N1CCC(Oc2ccccc2I)CC1. The van der Waals surface area contributed by atoms with Crippen LogP contribution in [0.3, 0.4) is 0 Å². The molecule has 0 amide bonds. The second kappa shape index (κ2) is 9.97. The van der Waals surface area contributed by atoms with E-state index >= 15 is 0 Å². The minimum absolute atomic E-state index is 0.281. The number of hydrogen-bond acceptors (Lipinski definition) is 3. The average molecular weight is 431 g/mol. The lowest BCUT2D eigenvalue weighted by atomic mass is 10.1. The van der Waals surface area contributed by atoms with Crippen molar-refractivity contribution in [2.24, 2.45) is 4.99 Å². The van der Waals surface area contributed by atoms with E-state index in [4.69, 9.17) is 9.47 Å². The number of para-hydroxylation sites is 1. The van der Waals surface area contributed by atoms with Gasteiger partial charge < -0.3 is 19.7 Å². The summed E-state index contributed by atoms with van der Waals surface area (Å²) in [6, 6.07) is 8.18. The Kier molecular flexibility index (Phi) is 7.94. The Balaban J connectivity index is 1.77. The maximum absolute atomic E-state index is 6.15. The number of rotatable bonds is 6. The van der Waals surface area contributed by atoms with Crippen LogP contribution in [0.1, 0.15) is 19.8 Å². The van der Waals surface area contributed by atoms with E-state index in [-0.39, 0.29) is 6.10 Å². The van der Waals surface area contributed by atoms with Crippen molar-refractivity contribution in [2.75, 3.05) is 39.9 Å². The molecule has 0 unspecified atom stereocenters. The van der Waals surface area contributed by atoms with Crippen LogP contribution in [0.15, 0.2) is 29.3 Å². The highest BCUT2D eigenvalue weighted by molar-refractivity contribution is 14.1. The molecule has 1 aromatic rings. The Hall–Kier alpha value is -1.02. The molecule has 1 saturated heterocycles. The number of ether oxygens (including phenoxy) is 2. The van der Waals surface area contributed by atoms with Crippen molar-refractivity contribution in [1.82, 2.24) is 10.2 Å². The minimum atomic E-state index is 0.281. The lowest BCUT2D eigenvalue weighted by molar-refractivity contribution is 0.127. The molecule has 0 bridgehead atoms. The van der Waals surface area contributed by atoms with Crippen LogP contribution in [0, 0.1) is 3.57 Å². The van der Waals surface area contributed by atoms with Gasteiger partial charge in [0.05, 0.1) is 10.2 Å². The van der Waals surface area contributed by atoms with Gasteiger partial charge in [-0.25, -0.2) is 0 Å². The van der Waals surface area contributed by atoms with Crippen molar-refractivity contribution >= 4 is 28.6 Å². The third-order valence-corrected chi connectivity index (χ3v) is 4.71. The summed E-state index contributed by atoms with van der Waals surface area (Å²) in [5.41, 5.74) is 0. The lowest BCUT2D eigenvalue weighted by Gasteiger charge is -2.34. The fraction of sp³-hybridized carbons (Fsp3) is 0.588. The Morgan fingerprint density at radius 1 is 1.35 bits per heavy atom. The van der Waals surface area contributed by atoms with Gasteiger partial charge in [-0.15, -0.1) is 0 Å². The van der Waals surface area contributed by atoms with Crippen molar-refractivity contribution < 1.29 is 9.47 Å². The maximum Gasteiger partial charge on any atom is 0.193 e. The van der Waals surface area contributed by atoms with Gasteiger partial charge in [0.25, 0.3) is 0 Å². The Morgan fingerprint density at radius 2 is 2.09 bits per heavy atom. The quantitative estimate of drug-likeness (QED) is 0.326. The normalized spacial score (nSPS) is 16.5. The molecule has 1 aliphatic rings. The number of aliphatic imine (C=N–C) groups is 1. The molecule has 2 rings (SSSR count). The van der Waals surface area contributed by atoms with E-state index < -0.39 is 0 Å². The van der Waals surface area contributed by atoms with E-state index in [1.807, 2.05) is 32.2 Å². The lowest BCUT2D eigenvalue weighted by Crippen LogP contribution is -2.48. The second-order valence-electron chi connectivity index (χ2n) is 5.41. The van der Waals surface area contributed by atoms with Crippen LogP contribution >= 0.6 is 22.6 Å². The van der Waals surface area contributed by atoms with E-state index in [0.717, 1.165) is 50.8 Å². The van der Waals surface area contributed by atoms with E-state index in [2.05, 4.69) is 43.9 Å². The predicted octanol–water partition coefficient (Wildman–Crippen LogP) is 2.75. The zero-order valence-corrected chi connectivity index (χ0v) is 16.1. The number of halogens is 1. The highest BCUT2D eigenvalue weighted by Crippen LogP contribution is 2.24. The number of nitrogens with zero attached hydrogens (tertiary/aromatic N) is 2. The molecule has 1 heterocycles. The van der Waals surface area contributed by atoms with Crippen molar-refractivity contribution in [1.29, 1.82) is 0 Å². The first-order valence-corrected chi connectivity index (χ1v) is 9.27. The zero-order chi connectivity index (χ0) is 16.5. The van der Waals surface area contributed by atoms with Crippen molar-refractivity contribution in [3.8, 4) is 5.75 Å². The minimum Gasteiger partial charge on any atom is -0.489 e. The fourth-order valence-electron chi connectivity index (χ4n) is 2.62. The summed E-state index contributed by atoms with van der Waals surface area (Å²) in [4.78, 5) is 6.66. The van der Waals surface area contributed by atoms with Gasteiger partial charge in [0.2, 0.25) is 0 Å². The summed E-state index contributed by atoms with van der Waals surface area (Å²) in [6.07, 6.45) is 2.30. The second-order valence-corrected chi connectivity index (χ2v) is 6.57. The van der Waals surface area contributed by atoms with Crippen LogP contribution in [0.2, 0.25) is 0 Å². The molecule has 23 heavy (non-hydrogen) atoms. The van der Waals surface area contributed by atoms with Gasteiger partial charge in [-0.3, -0.25) is 4.99 Å². The van der Waals surface area contributed by atoms with Gasteiger partial charge in [-0.05, 0) is 41.6 Å². The standard InChI is InChI=1S/C17H26IN3O2/c1-3-22-13-10-20-17(19-2)21-11-8-14(9-12-21)23-16-7-5-4-6-15(16)18/h4-7,14H,3,8-13H2,1-2H3,(H,19,20). The van der Waals surface area contributed by atoms with Gasteiger partial charge in [-0.2, -0.15) is 0 Å². The van der Waals surface area contributed by atoms with Crippen LogP contribution < -0.4 is 10.1 Å². The Labute approximate surface area is 152 Å². The molecule has 0 spiro atoms. The summed E-state index contributed by atoms with van der Waals surface area (Å²) >= 11 is 2.32. The topological polar surface area (TPSA) is 46.1 Å². The first kappa shape index (κ1) is 18.3. The molecular weight excluding hydrogens is 405 g/mol. The molecule has 0 aromatic heterocycles.